The van der Waals surface area contributed by atoms with Gasteiger partial charge in [-0.05, 0) is 48.0 Å². The molecule has 1 aliphatic rings. The van der Waals surface area contributed by atoms with Crippen LogP contribution in [0.25, 0.3) is 11.5 Å². The van der Waals surface area contributed by atoms with Gasteiger partial charge in [0.15, 0.2) is 5.76 Å². The smallest absolute Gasteiger partial charge is 0.271 e. The summed E-state index contributed by atoms with van der Waals surface area (Å²) in [5, 5.41) is 6.68. The summed E-state index contributed by atoms with van der Waals surface area (Å²) in [6.45, 7) is 0. The number of oxime groups is 1. The maximum Gasteiger partial charge on any atom is 0.271 e. The third kappa shape index (κ3) is 3.64. The van der Waals surface area contributed by atoms with E-state index in [4.69, 9.17) is 14.0 Å². The van der Waals surface area contributed by atoms with Gasteiger partial charge in [-0.3, -0.25) is 10.1 Å². The summed E-state index contributed by atoms with van der Waals surface area (Å²) >= 11 is 0. The van der Waals surface area contributed by atoms with E-state index in [0.717, 1.165) is 11.3 Å². The quantitative estimate of drug-likeness (QED) is 0.747. The van der Waals surface area contributed by atoms with E-state index in [1.165, 1.54) is 0 Å². The van der Waals surface area contributed by atoms with Gasteiger partial charge < -0.3 is 14.0 Å². The number of aromatic nitrogens is 2. The van der Waals surface area contributed by atoms with E-state index >= 15 is 0 Å². The van der Waals surface area contributed by atoms with Gasteiger partial charge in [0.1, 0.15) is 11.4 Å². The molecule has 8 heteroatoms. The van der Waals surface area contributed by atoms with E-state index in [1.807, 2.05) is 24.3 Å². The van der Waals surface area contributed by atoms with Gasteiger partial charge >= 0.3 is 0 Å². The lowest BCUT2D eigenvalue weighted by Crippen LogP contribution is -2.28. The predicted molar refractivity (Wildman–Crippen MR) is 97.4 cm³/mol. The van der Waals surface area contributed by atoms with Gasteiger partial charge in [0.25, 0.3) is 5.91 Å². The second-order valence-corrected chi connectivity index (χ2v) is 5.80. The number of nitrogens with zero attached hydrogens (tertiary/aromatic N) is 3. The lowest BCUT2D eigenvalue weighted by Gasteiger charge is -2.08. The van der Waals surface area contributed by atoms with Crippen LogP contribution in [-0.2, 0) is 9.63 Å². The number of methoxy groups -OCH3 is 1. The molecule has 0 bridgehead atoms. The van der Waals surface area contributed by atoms with E-state index in [-0.39, 0.29) is 11.9 Å². The predicted octanol–water partition coefficient (Wildman–Crippen LogP) is 2.88. The molecule has 1 aliphatic heterocycles. The Morgan fingerprint density at radius 2 is 2.07 bits per heavy atom. The van der Waals surface area contributed by atoms with E-state index in [9.17, 15) is 4.79 Å². The average Bonchev–Trinajstić information content (AvgIpc) is 3.40. The van der Waals surface area contributed by atoms with Crippen LogP contribution in [0.15, 0.2) is 64.5 Å². The van der Waals surface area contributed by atoms with Crippen LogP contribution in [0.3, 0.4) is 0 Å². The number of hydrogen-bond donors (Lipinski definition) is 1. The van der Waals surface area contributed by atoms with Gasteiger partial charge in [-0.25, -0.2) is 9.97 Å². The second kappa shape index (κ2) is 7.28. The summed E-state index contributed by atoms with van der Waals surface area (Å²) in [5.41, 5.74) is 2.15. The summed E-state index contributed by atoms with van der Waals surface area (Å²) in [5.74, 6) is 1.16. The fourth-order valence-electron chi connectivity index (χ4n) is 2.64. The summed E-state index contributed by atoms with van der Waals surface area (Å²) in [4.78, 5) is 26.1. The minimum absolute atomic E-state index is 0.176. The maximum atomic E-state index is 12.5. The molecule has 27 heavy (non-hydrogen) atoms. The molecule has 0 saturated carbocycles. The standard InChI is InChI=1S/C19H16N4O4/c1-25-13-6-4-12(5-7-13)15-11-17(27-23-15)18(24)22-19-20-9-8-14(21-19)16-3-2-10-26-16/h2-10,17H,11H2,1H3,(H,20,21,22,24)/t17-/m1/s1. The highest BCUT2D eigenvalue weighted by molar-refractivity contribution is 6.05. The van der Waals surface area contributed by atoms with E-state index < -0.39 is 6.10 Å². The summed E-state index contributed by atoms with van der Waals surface area (Å²) in [6.07, 6.45) is 2.73. The van der Waals surface area contributed by atoms with Crippen molar-refractivity contribution < 1.29 is 18.8 Å². The number of furan rings is 1. The largest absolute Gasteiger partial charge is 0.497 e. The van der Waals surface area contributed by atoms with Gasteiger partial charge in [0.05, 0.1) is 19.1 Å². The first kappa shape index (κ1) is 16.8. The Labute approximate surface area is 154 Å². The van der Waals surface area contributed by atoms with Gasteiger partial charge in [0, 0.05) is 12.6 Å². The van der Waals surface area contributed by atoms with Crippen LogP contribution in [0.4, 0.5) is 5.95 Å². The molecule has 0 radical (unpaired) electrons. The molecule has 0 aliphatic carbocycles. The summed E-state index contributed by atoms with van der Waals surface area (Å²) in [7, 11) is 1.61. The molecule has 3 heterocycles. The normalized spacial score (nSPS) is 15.7. The monoisotopic (exact) mass is 364 g/mol. The fourth-order valence-corrected chi connectivity index (χ4v) is 2.64. The van der Waals surface area contributed by atoms with Crippen molar-refractivity contribution in [1.29, 1.82) is 0 Å². The highest BCUT2D eigenvalue weighted by atomic mass is 16.6. The topological polar surface area (TPSA) is 98.8 Å². The van der Waals surface area contributed by atoms with Crippen LogP contribution >= 0.6 is 0 Å². The average molecular weight is 364 g/mol. The Morgan fingerprint density at radius 3 is 2.81 bits per heavy atom. The van der Waals surface area contributed by atoms with Crippen molar-refractivity contribution in [3.8, 4) is 17.2 Å². The zero-order valence-electron chi connectivity index (χ0n) is 14.5. The van der Waals surface area contributed by atoms with Crippen LogP contribution in [0.5, 0.6) is 5.75 Å². The zero-order valence-corrected chi connectivity index (χ0v) is 14.5. The van der Waals surface area contributed by atoms with Crippen molar-refractivity contribution in [1.82, 2.24) is 9.97 Å². The number of amides is 1. The molecule has 3 aromatic rings. The number of carbonyl (C=O) groups excluding carboxylic acids is 1. The summed E-state index contributed by atoms with van der Waals surface area (Å²) in [6, 6.07) is 12.7. The highest BCUT2D eigenvalue weighted by Gasteiger charge is 2.29. The minimum atomic E-state index is -0.738. The van der Waals surface area contributed by atoms with Crippen molar-refractivity contribution in [2.24, 2.45) is 5.16 Å². The van der Waals surface area contributed by atoms with Crippen molar-refractivity contribution in [2.45, 2.75) is 12.5 Å². The SMILES string of the molecule is COc1ccc(C2=NO[C@@H](C(=O)Nc3nccc(-c4ccco4)n3)C2)cc1. The molecule has 1 amide bonds. The van der Waals surface area contributed by atoms with Crippen molar-refractivity contribution in [3.63, 3.8) is 0 Å². The number of nitrogens with one attached hydrogen (secondary N) is 1. The first-order valence-corrected chi connectivity index (χ1v) is 8.28. The van der Waals surface area contributed by atoms with Crippen LogP contribution in [-0.4, -0.2) is 34.8 Å². The fraction of sp³-hybridized carbons (Fsp3) is 0.158. The Hall–Kier alpha value is -3.68. The van der Waals surface area contributed by atoms with Crippen molar-refractivity contribution >= 4 is 17.6 Å². The molecule has 0 saturated heterocycles. The van der Waals surface area contributed by atoms with Crippen molar-refractivity contribution in [2.75, 3.05) is 12.4 Å². The third-order valence-electron chi connectivity index (χ3n) is 4.05. The van der Waals surface area contributed by atoms with E-state index in [2.05, 4.69) is 20.4 Å². The van der Waals surface area contributed by atoms with Gasteiger partial charge in [-0.15, -0.1) is 0 Å². The molecular weight excluding hydrogens is 348 g/mol. The van der Waals surface area contributed by atoms with Crippen LogP contribution < -0.4 is 10.1 Å². The maximum absolute atomic E-state index is 12.5. The molecule has 1 aromatic carbocycles. The molecule has 4 rings (SSSR count). The molecule has 0 fully saturated rings. The van der Waals surface area contributed by atoms with Gasteiger partial charge in [-0.2, -0.15) is 0 Å². The first-order chi connectivity index (χ1) is 13.2. The third-order valence-corrected chi connectivity index (χ3v) is 4.05. The Bertz CT molecular complexity index is 968. The minimum Gasteiger partial charge on any atom is -0.497 e. The Morgan fingerprint density at radius 1 is 1.22 bits per heavy atom. The number of hydrogen-bond acceptors (Lipinski definition) is 7. The first-order valence-electron chi connectivity index (χ1n) is 8.28. The summed E-state index contributed by atoms with van der Waals surface area (Å²) < 4.78 is 10.4. The van der Waals surface area contributed by atoms with Gasteiger partial charge in [0.2, 0.25) is 12.1 Å². The number of ether oxygens (including phenoxy) is 1. The highest BCUT2D eigenvalue weighted by Crippen LogP contribution is 2.21. The Balaban J connectivity index is 1.40. The van der Waals surface area contributed by atoms with E-state index in [0.29, 0.717) is 23.6 Å². The number of carbonyl (C=O) groups is 1. The zero-order chi connectivity index (χ0) is 18.6. The Kier molecular flexibility index (Phi) is 4.52. The molecule has 0 spiro atoms. The molecule has 136 valence electrons. The number of rotatable bonds is 5. The van der Waals surface area contributed by atoms with Crippen LogP contribution in [0.1, 0.15) is 12.0 Å². The van der Waals surface area contributed by atoms with Crippen LogP contribution in [0.2, 0.25) is 0 Å². The lowest BCUT2D eigenvalue weighted by atomic mass is 10.0. The number of anilines is 1. The molecular formula is C19H16N4O4. The molecule has 1 N–H and O–H groups in total. The lowest BCUT2D eigenvalue weighted by molar-refractivity contribution is -0.125. The molecule has 2 aromatic heterocycles. The van der Waals surface area contributed by atoms with E-state index in [1.54, 1.807) is 37.8 Å². The molecule has 8 nitrogen and oxygen atoms in total. The number of benzene rings is 1. The molecule has 1 atom stereocenters. The second-order valence-electron chi connectivity index (χ2n) is 5.80. The van der Waals surface area contributed by atoms with Crippen molar-refractivity contribution in [3.05, 3.63) is 60.5 Å². The van der Waals surface area contributed by atoms with Crippen LogP contribution in [0, 0.1) is 0 Å². The molecule has 0 unspecified atom stereocenters. The van der Waals surface area contributed by atoms with Gasteiger partial charge in [-0.1, -0.05) is 5.16 Å².